The van der Waals surface area contributed by atoms with E-state index in [1.807, 2.05) is 0 Å². The number of carboxylic acid groups (broad SMARTS) is 1. The van der Waals surface area contributed by atoms with Crippen LogP contribution in [-0.4, -0.2) is 24.2 Å². The zero-order chi connectivity index (χ0) is 33.9. The fourth-order valence-corrected chi connectivity index (χ4v) is 6.42. The second kappa shape index (κ2) is 46.5. The van der Waals surface area contributed by atoms with Crippen molar-refractivity contribution in [3.63, 3.8) is 0 Å². The van der Waals surface area contributed by atoms with E-state index in [-0.39, 0.29) is 0 Å². The number of unbranched alkanes of at least 4 members (excludes halogenated alkanes) is 33. The maximum Gasteiger partial charge on any atom is 0.303 e. The minimum absolute atomic E-state index is 0.345. The minimum atomic E-state index is -0.654. The number of aliphatic carboxylic acids is 1. The Kier molecular flexibility index (Phi) is 48.1. The van der Waals surface area contributed by atoms with Gasteiger partial charge in [-0.3, -0.25) is 4.79 Å². The van der Waals surface area contributed by atoms with Crippen LogP contribution in [0.4, 0.5) is 0 Å². The highest BCUT2D eigenvalue weighted by atomic mass is 16.4. The predicted octanol–water partition coefficient (Wildman–Crippen LogP) is 15.1. The van der Waals surface area contributed by atoms with Gasteiger partial charge >= 0.3 is 5.97 Å². The first-order valence-corrected chi connectivity index (χ1v) is 21.6. The molecular formula is C43H89NO2. The number of carbonyl (C=O) groups is 1. The van der Waals surface area contributed by atoms with E-state index in [0.717, 1.165) is 12.8 Å². The van der Waals surface area contributed by atoms with Crippen molar-refractivity contribution in [2.75, 3.05) is 13.1 Å². The van der Waals surface area contributed by atoms with Crippen molar-refractivity contribution in [2.45, 2.75) is 258 Å². The number of carboxylic acids is 1. The Labute approximate surface area is 292 Å². The second-order valence-corrected chi connectivity index (χ2v) is 14.6. The Bertz CT molecular complexity index is 499. The summed E-state index contributed by atoms with van der Waals surface area (Å²) in [5, 5.41) is 12.1. The first-order chi connectivity index (χ1) is 22.7. The van der Waals surface area contributed by atoms with E-state index in [1.165, 1.54) is 231 Å². The molecule has 3 nitrogen and oxygen atoms in total. The summed E-state index contributed by atoms with van der Waals surface area (Å²) in [7, 11) is 0. The highest BCUT2D eigenvalue weighted by Gasteiger charge is 1.98. The van der Waals surface area contributed by atoms with Gasteiger partial charge in [0, 0.05) is 6.42 Å². The standard InChI is InChI=1S/C26H55N.C17H34O2/c1-3-5-7-9-11-13-14-15-16-17-18-20-22-24-26-27-25-23-21-19-12-10-8-6-4-2;1-2-3-4-5-6-7-8-9-10-11-12-13-14-15-16-17(18)19/h27H,3-26H2,1-2H3;2-16H2,1H3,(H,18,19). The average Bonchev–Trinajstić information content (AvgIpc) is 3.05. The van der Waals surface area contributed by atoms with Gasteiger partial charge in [0.1, 0.15) is 0 Å². The lowest BCUT2D eigenvalue weighted by Crippen LogP contribution is -2.16. The van der Waals surface area contributed by atoms with E-state index in [4.69, 9.17) is 5.11 Å². The van der Waals surface area contributed by atoms with Crippen molar-refractivity contribution in [3.8, 4) is 0 Å². The molecule has 0 amide bonds. The molecule has 0 saturated carbocycles. The lowest BCUT2D eigenvalue weighted by molar-refractivity contribution is -0.137. The molecule has 0 aromatic heterocycles. The third-order valence-electron chi connectivity index (χ3n) is 9.66. The SMILES string of the molecule is CCCCCCCCCCCCCCCCC(=O)O.CCCCCCCCCCCCCCCCNCCCCCCCCCC. The van der Waals surface area contributed by atoms with Gasteiger partial charge < -0.3 is 10.4 Å². The van der Waals surface area contributed by atoms with E-state index < -0.39 is 5.97 Å². The van der Waals surface area contributed by atoms with Crippen molar-refractivity contribution in [3.05, 3.63) is 0 Å². The van der Waals surface area contributed by atoms with E-state index in [2.05, 4.69) is 26.1 Å². The first kappa shape index (κ1) is 47.5. The maximum absolute atomic E-state index is 10.3. The van der Waals surface area contributed by atoms with Crippen molar-refractivity contribution >= 4 is 5.97 Å². The monoisotopic (exact) mass is 652 g/mol. The van der Waals surface area contributed by atoms with Gasteiger partial charge in [-0.1, -0.05) is 233 Å². The van der Waals surface area contributed by atoms with Crippen LogP contribution in [0.1, 0.15) is 258 Å². The summed E-state index contributed by atoms with van der Waals surface area (Å²) >= 11 is 0. The van der Waals surface area contributed by atoms with Gasteiger partial charge in [-0.2, -0.15) is 0 Å². The Morgan fingerprint density at radius 1 is 0.326 bits per heavy atom. The lowest BCUT2D eigenvalue weighted by atomic mass is 10.0. The van der Waals surface area contributed by atoms with Crippen molar-refractivity contribution < 1.29 is 9.90 Å². The Balaban J connectivity index is 0. The summed E-state index contributed by atoms with van der Waals surface area (Å²) in [5.74, 6) is -0.654. The molecular weight excluding hydrogens is 562 g/mol. The molecule has 0 atom stereocenters. The molecule has 0 saturated heterocycles. The van der Waals surface area contributed by atoms with Gasteiger partial charge in [0.2, 0.25) is 0 Å². The molecule has 0 fully saturated rings. The van der Waals surface area contributed by atoms with E-state index in [9.17, 15) is 4.79 Å². The molecule has 0 aromatic carbocycles. The van der Waals surface area contributed by atoms with Gasteiger partial charge in [-0.15, -0.1) is 0 Å². The molecule has 0 spiro atoms. The van der Waals surface area contributed by atoms with Gasteiger partial charge in [0.05, 0.1) is 0 Å². The highest BCUT2D eigenvalue weighted by Crippen LogP contribution is 2.14. The smallest absolute Gasteiger partial charge is 0.303 e. The molecule has 0 rings (SSSR count). The van der Waals surface area contributed by atoms with Crippen LogP contribution in [-0.2, 0) is 4.79 Å². The normalized spacial score (nSPS) is 11.1. The van der Waals surface area contributed by atoms with Crippen molar-refractivity contribution in [1.82, 2.24) is 5.32 Å². The van der Waals surface area contributed by atoms with Gasteiger partial charge in [-0.25, -0.2) is 0 Å². The van der Waals surface area contributed by atoms with Crippen LogP contribution in [0.2, 0.25) is 0 Å². The topological polar surface area (TPSA) is 49.3 Å². The van der Waals surface area contributed by atoms with Crippen LogP contribution in [0.25, 0.3) is 0 Å². The molecule has 0 bridgehead atoms. The first-order valence-electron chi connectivity index (χ1n) is 21.6. The molecule has 0 aliphatic carbocycles. The fourth-order valence-electron chi connectivity index (χ4n) is 6.42. The molecule has 0 unspecified atom stereocenters. The van der Waals surface area contributed by atoms with Crippen LogP contribution in [0.5, 0.6) is 0 Å². The molecule has 46 heavy (non-hydrogen) atoms. The molecule has 0 aliphatic rings. The third kappa shape index (κ3) is 50.3. The molecule has 278 valence electrons. The Morgan fingerprint density at radius 3 is 0.739 bits per heavy atom. The summed E-state index contributed by atoms with van der Waals surface area (Å²) in [5.41, 5.74) is 0. The zero-order valence-electron chi connectivity index (χ0n) is 32.4. The number of nitrogens with one attached hydrogen (secondary N) is 1. The summed E-state index contributed by atoms with van der Waals surface area (Å²) in [6.45, 7) is 9.35. The van der Waals surface area contributed by atoms with Crippen LogP contribution in [0.15, 0.2) is 0 Å². The zero-order valence-corrected chi connectivity index (χ0v) is 32.4. The number of hydrogen-bond acceptors (Lipinski definition) is 2. The van der Waals surface area contributed by atoms with Crippen LogP contribution >= 0.6 is 0 Å². The summed E-state index contributed by atoms with van der Waals surface area (Å²) in [6.07, 6.45) is 50.5. The summed E-state index contributed by atoms with van der Waals surface area (Å²) in [6, 6.07) is 0. The highest BCUT2D eigenvalue weighted by molar-refractivity contribution is 5.66. The molecule has 3 heteroatoms. The van der Waals surface area contributed by atoms with Crippen LogP contribution < -0.4 is 5.32 Å². The molecule has 0 aromatic rings. The minimum Gasteiger partial charge on any atom is -0.481 e. The third-order valence-corrected chi connectivity index (χ3v) is 9.66. The lowest BCUT2D eigenvalue weighted by Gasteiger charge is -2.05. The Hall–Kier alpha value is -0.570. The largest absolute Gasteiger partial charge is 0.481 e. The van der Waals surface area contributed by atoms with Gasteiger partial charge in [-0.05, 0) is 32.4 Å². The fraction of sp³-hybridized carbons (Fsp3) is 0.977. The molecule has 0 aliphatic heterocycles. The summed E-state index contributed by atoms with van der Waals surface area (Å²) in [4.78, 5) is 10.3. The van der Waals surface area contributed by atoms with Crippen LogP contribution in [0, 0.1) is 0 Å². The second-order valence-electron chi connectivity index (χ2n) is 14.6. The number of rotatable bonds is 39. The van der Waals surface area contributed by atoms with Gasteiger partial charge in [0.25, 0.3) is 0 Å². The summed E-state index contributed by atoms with van der Waals surface area (Å²) < 4.78 is 0. The number of hydrogen-bond donors (Lipinski definition) is 2. The maximum atomic E-state index is 10.3. The van der Waals surface area contributed by atoms with E-state index in [0.29, 0.717) is 6.42 Å². The van der Waals surface area contributed by atoms with Crippen molar-refractivity contribution in [2.24, 2.45) is 0 Å². The molecule has 0 heterocycles. The average molecular weight is 652 g/mol. The van der Waals surface area contributed by atoms with Crippen LogP contribution in [0.3, 0.4) is 0 Å². The quantitative estimate of drug-likeness (QED) is 0.0650. The van der Waals surface area contributed by atoms with E-state index in [1.54, 1.807) is 0 Å². The van der Waals surface area contributed by atoms with Crippen molar-refractivity contribution in [1.29, 1.82) is 0 Å². The predicted molar refractivity (Wildman–Crippen MR) is 208 cm³/mol. The van der Waals surface area contributed by atoms with Gasteiger partial charge in [0.15, 0.2) is 0 Å². The van der Waals surface area contributed by atoms with E-state index >= 15 is 0 Å². The molecule has 2 N–H and O–H groups in total. The molecule has 0 radical (unpaired) electrons. The Morgan fingerprint density at radius 2 is 0.522 bits per heavy atom.